The minimum atomic E-state index is -0.00653. The van der Waals surface area contributed by atoms with Crippen LogP contribution in [0.15, 0.2) is 12.4 Å². The molecule has 0 saturated heterocycles. The maximum absolute atomic E-state index is 6.00. The van der Waals surface area contributed by atoms with Crippen LogP contribution in [0.4, 0.5) is 5.82 Å². The van der Waals surface area contributed by atoms with Crippen molar-refractivity contribution in [3.05, 3.63) is 29.2 Å². The van der Waals surface area contributed by atoms with Crippen molar-refractivity contribution >= 4 is 17.4 Å². The number of rotatable bonds is 5. The van der Waals surface area contributed by atoms with E-state index < -0.39 is 0 Å². The molecule has 0 saturated carbocycles. The number of hydrogen-bond acceptors (Lipinski definition) is 5. The van der Waals surface area contributed by atoms with Gasteiger partial charge in [0.25, 0.3) is 0 Å². The van der Waals surface area contributed by atoms with E-state index in [9.17, 15) is 0 Å². The van der Waals surface area contributed by atoms with Gasteiger partial charge in [-0.05, 0) is 13.3 Å². The highest BCUT2D eigenvalue weighted by atomic mass is 35.5. The minimum Gasteiger partial charge on any atom is -0.360 e. The lowest BCUT2D eigenvalue weighted by atomic mass is 10.3. The van der Waals surface area contributed by atoms with Gasteiger partial charge in [0.15, 0.2) is 5.82 Å². The lowest BCUT2D eigenvalue weighted by molar-refractivity contribution is 0.713. The van der Waals surface area contributed by atoms with E-state index in [4.69, 9.17) is 11.6 Å². The molecule has 2 aromatic rings. The second kappa shape index (κ2) is 5.97. The number of aryl methyl sites for hydroxylation is 2. The summed E-state index contributed by atoms with van der Waals surface area (Å²) >= 11 is 6.00. The molecule has 0 aliphatic rings. The van der Waals surface area contributed by atoms with E-state index in [2.05, 4.69) is 32.4 Å². The van der Waals surface area contributed by atoms with E-state index in [1.165, 1.54) is 0 Å². The van der Waals surface area contributed by atoms with Gasteiger partial charge in [0.05, 0.1) is 6.04 Å². The smallest absolute Gasteiger partial charge is 0.154 e. The summed E-state index contributed by atoms with van der Waals surface area (Å²) in [6.45, 7) is 4.08. The van der Waals surface area contributed by atoms with Crippen LogP contribution in [0.3, 0.4) is 0 Å². The van der Waals surface area contributed by atoms with Gasteiger partial charge in [-0.2, -0.15) is 0 Å². The first-order valence-corrected chi connectivity index (χ1v) is 6.61. The quantitative estimate of drug-likeness (QED) is 0.852. The fourth-order valence-electron chi connectivity index (χ4n) is 1.84. The van der Waals surface area contributed by atoms with Gasteiger partial charge in [0.2, 0.25) is 0 Å². The summed E-state index contributed by atoms with van der Waals surface area (Å²) in [4.78, 5) is 8.63. The number of nitrogens with one attached hydrogen (secondary N) is 1. The molecule has 102 valence electrons. The number of nitrogens with zero attached hydrogens (tertiary/aromatic N) is 5. The third kappa shape index (κ3) is 3.41. The summed E-state index contributed by atoms with van der Waals surface area (Å²) in [6.07, 6.45) is 3.47. The van der Waals surface area contributed by atoms with Crippen LogP contribution in [0.25, 0.3) is 0 Å². The highest BCUT2D eigenvalue weighted by molar-refractivity contribution is 6.29. The monoisotopic (exact) mass is 280 g/mol. The lowest BCUT2D eigenvalue weighted by Crippen LogP contribution is -2.13. The zero-order valence-electron chi connectivity index (χ0n) is 11.3. The first-order valence-electron chi connectivity index (χ1n) is 6.24. The predicted molar refractivity (Wildman–Crippen MR) is 74.1 cm³/mol. The second-order valence-corrected chi connectivity index (χ2v) is 4.80. The van der Waals surface area contributed by atoms with Gasteiger partial charge < -0.3 is 9.88 Å². The molecular weight excluding hydrogens is 264 g/mol. The van der Waals surface area contributed by atoms with Gasteiger partial charge in [0.1, 0.15) is 23.1 Å². The molecule has 1 atom stereocenters. The van der Waals surface area contributed by atoms with Crippen LogP contribution in [0.1, 0.15) is 38.0 Å². The van der Waals surface area contributed by atoms with Crippen molar-refractivity contribution in [2.24, 2.45) is 7.05 Å². The molecule has 0 fully saturated rings. The summed E-state index contributed by atoms with van der Waals surface area (Å²) < 4.78 is 1.87. The van der Waals surface area contributed by atoms with Gasteiger partial charge in [-0.15, -0.1) is 10.2 Å². The van der Waals surface area contributed by atoms with Gasteiger partial charge in [0, 0.05) is 19.5 Å². The van der Waals surface area contributed by atoms with Crippen molar-refractivity contribution in [1.82, 2.24) is 24.7 Å². The molecule has 0 aliphatic heterocycles. The Labute approximate surface area is 117 Å². The van der Waals surface area contributed by atoms with Crippen molar-refractivity contribution < 1.29 is 0 Å². The summed E-state index contributed by atoms with van der Waals surface area (Å²) in [6, 6.07) is 1.71. The molecule has 0 aliphatic carbocycles. The van der Waals surface area contributed by atoms with Gasteiger partial charge in [-0.25, -0.2) is 9.97 Å². The standard InChI is InChI=1S/C12H17ClN6/c1-4-5-10-16-9(13)6-11(17-10)15-8(2)12-18-14-7-19(12)3/h6-8H,4-5H2,1-3H3,(H,15,16,17). The van der Waals surface area contributed by atoms with E-state index in [1.54, 1.807) is 12.4 Å². The Morgan fingerprint density at radius 3 is 2.84 bits per heavy atom. The van der Waals surface area contributed by atoms with Crippen LogP contribution >= 0.6 is 11.6 Å². The third-order valence-electron chi connectivity index (χ3n) is 2.71. The fourth-order valence-corrected chi connectivity index (χ4v) is 2.05. The largest absolute Gasteiger partial charge is 0.360 e. The Kier molecular flexibility index (Phi) is 4.31. The molecule has 19 heavy (non-hydrogen) atoms. The number of hydrogen-bond donors (Lipinski definition) is 1. The summed E-state index contributed by atoms with van der Waals surface area (Å²) in [7, 11) is 1.91. The molecule has 6 nitrogen and oxygen atoms in total. The fraction of sp³-hybridized carbons (Fsp3) is 0.500. The average Bonchev–Trinajstić information content (AvgIpc) is 2.75. The maximum atomic E-state index is 6.00. The molecule has 1 unspecified atom stereocenters. The Morgan fingerprint density at radius 1 is 1.42 bits per heavy atom. The minimum absolute atomic E-state index is 0.00653. The van der Waals surface area contributed by atoms with E-state index in [-0.39, 0.29) is 6.04 Å². The zero-order chi connectivity index (χ0) is 13.8. The van der Waals surface area contributed by atoms with E-state index in [0.29, 0.717) is 11.0 Å². The molecule has 7 heteroatoms. The van der Waals surface area contributed by atoms with Crippen LogP contribution in [-0.2, 0) is 13.5 Å². The molecule has 2 rings (SSSR count). The highest BCUT2D eigenvalue weighted by Crippen LogP contribution is 2.18. The molecule has 0 amide bonds. The third-order valence-corrected chi connectivity index (χ3v) is 2.91. The van der Waals surface area contributed by atoms with Gasteiger partial charge >= 0.3 is 0 Å². The molecular formula is C12H17ClN6. The summed E-state index contributed by atoms with van der Waals surface area (Å²) in [5, 5.41) is 11.6. The van der Waals surface area contributed by atoms with Gasteiger partial charge in [-0.1, -0.05) is 18.5 Å². The van der Waals surface area contributed by atoms with Crippen LogP contribution in [-0.4, -0.2) is 24.7 Å². The van der Waals surface area contributed by atoms with Crippen molar-refractivity contribution in [1.29, 1.82) is 0 Å². The van der Waals surface area contributed by atoms with Crippen LogP contribution < -0.4 is 5.32 Å². The maximum Gasteiger partial charge on any atom is 0.154 e. The molecule has 2 aromatic heterocycles. The molecule has 2 heterocycles. The molecule has 1 N–H and O–H groups in total. The predicted octanol–water partition coefficient (Wildman–Crippen LogP) is 2.38. The second-order valence-electron chi connectivity index (χ2n) is 4.41. The summed E-state index contributed by atoms with van der Waals surface area (Å²) in [5.41, 5.74) is 0. The van der Waals surface area contributed by atoms with Crippen LogP contribution in [0.2, 0.25) is 5.15 Å². The molecule has 0 aromatic carbocycles. The van der Waals surface area contributed by atoms with E-state index >= 15 is 0 Å². The Bertz CT molecular complexity index is 553. The lowest BCUT2D eigenvalue weighted by Gasteiger charge is -2.14. The Hall–Kier alpha value is -1.69. The van der Waals surface area contributed by atoms with Crippen molar-refractivity contribution in [3.8, 4) is 0 Å². The topological polar surface area (TPSA) is 68.5 Å². The molecule has 0 radical (unpaired) electrons. The normalized spacial score (nSPS) is 12.4. The zero-order valence-corrected chi connectivity index (χ0v) is 12.0. The molecule has 0 bridgehead atoms. The first-order chi connectivity index (χ1) is 9.10. The van der Waals surface area contributed by atoms with Crippen molar-refractivity contribution in [3.63, 3.8) is 0 Å². The summed E-state index contributed by atoms with van der Waals surface area (Å²) in [5.74, 6) is 2.30. The van der Waals surface area contributed by atoms with Gasteiger partial charge in [-0.3, -0.25) is 0 Å². The van der Waals surface area contributed by atoms with Crippen LogP contribution in [0.5, 0.6) is 0 Å². The average molecular weight is 281 g/mol. The van der Waals surface area contributed by atoms with E-state index in [1.807, 2.05) is 18.5 Å². The Morgan fingerprint density at radius 2 is 2.21 bits per heavy atom. The first kappa shape index (κ1) is 13.7. The van der Waals surface area contributed by atoms with Crippen molar-refractivity contribution in [2.45, 2.75) is 32.7 Å². The highest BCUT2D eigenvalue weighted by Gasteiger charge is 2.12. The number of halogens is 1. The van der Waals surface area contributed by atoms with E-state index in [0.717, 1.165) is 24.5 Å². The number of aromatic nitrogens is 5. The van der Waals surface area contributed by atoms with Crippen LogP contribution in [0, 0.1) is 0 Å². The SMILES string of the molecule is CCCc1nc(Cl)cc(NC(C)c2nncn2C)n1. The van der Waals surface area contributed by atoms with Crippen molar-refractivity contribution in [2.75, 3.05) is 5.32 Å². The number of anilines is 1. The Balaban J connectivity index is 2.16. The molecule has 0 spiro atoms.